The predicted molar refractivity (Wildman–Crippen MR) is 99.1 cm³/mol. The molecule has 2 rings (SSSR count). The van der Waals surface area contributed by atoms with Crippen LogP contribution in [0.15, 0.2) is 36.4 Å². The Balaban J connectivity index is -0.000000384. The molecular weight excluding hydrogens is 551 g/mol. The predicted octanol–water partition coefficient (Wildman–Crippen LogP) is -1.10. The first-order valence-electron chi connectivity index (χ1n) is 7.74. The number of rotatable bonds is 2. The van der Waals surface area contributed by atoms with E-state index in [1.54, 1.807) is 12.1 Å². The van der Waals surface area contributed by atoms with E-state index >= 15 is 0 Å². The van der Waals surface area contributed by atoms with Gasteiger partial charge in [0.15, 0.2) is 0 Å². The van der Waals surface area contributed by atoms with E-state index in [1.165, 1.54) is 14.1 Å². The first-order chi connectivity index (χ1) is 11.3. The second kappa shape index (κ2) is 15.2. The molecular formula is C20H24Br2N2O2Zr. The van der Waals surface area contributed by atoms with Crippen LogP contribution in [0.4, 0.5) is 0 Å². The molecule has 2 aromatic carbocycles. The number of carbonyl (C=O) groups excluding carboxylic acids is 2. The van der Waals surface area contributed by atoms with Crippen molar-refractivity contribution in [1.82, 2.24) is 0 Å². The van der Waals surface area contributed by atoms with Gasteiger partial charge in [0.25, 0.3) is 0 Å². The first kappa shape index (κ1) is 30.9. The molecule has 0 aliphatic heterocycles. The topological polar surface area (TPSA) is 62.3 Å². The molecule has 0 saturated carbocycles. The summed E-state index contributed by atoms with van der Waals surface area (Å²) in [6.45, 7) is 7.85. The zero-order valence-corrected chi connectivity index (χ0v) is 22.1. The fraction of sp³-hybridized carbons (Fsp3) is 0.300. The number of hydrogen-bond donors (Lipinski definition) is 0. The molecule has 0 fully saturated rings. The van der Waals surface area contributed by atoms with E-state index in [4.69, 9.17) is 0 Å². The third-order valence-electron chi connectivity index (χ3n) is 4.08. The quantitative estimate of drug-likeness (QED) is 0.457. The van der Waals surface area contributed by atoms with Gasteiger partial charge < -0.3 is 54.2 Å². The number of aryl methyl sites for hydroxylation is 2. The van der Waals surface area contributed by atoms with E-state index in [-0.39, 0.29) is 72.0 Å². The molecule has 0 aliphatic rings. The Bertz CT molecular complexity index is 689. The average Bonchev–Trinajstić information content (AvgIpc) is 2.59. The van der Waals surface area contributed by atoms with Gasteiger partial charge in [-0.25, -0.2) is 0 Å². The fourth-order valence-electron chi connectivity index (χ4n) is 2.21. The summed E-state index contributed by atoms with van der Waals surface area (Å²) in [7, 11) is 3.04. The Morgan fingerprint density at radius 2 is 0.963 bits per heavy atom. The maximum absolute atomic E-state index is 11.2. The van der Waals surface area contributed by atoms with Gasteiger partial charge in [-0.15, -0.1) is 14.1 Å². The SMILES string of the molecule is C[N-]C(=O)c1cccc(C)c1C.C[N-]C(=O)c1cccc(C)c1C.[Br-].[Br-].[Zr+4]. The third kappa shape index (κ3) is 8.84. The summed E-state index contributed by atoms with van der Waals surface area (Å²) >= 11 is 0. The van der Waals surface area contributed by atoms with Crippen LogP contribution < -0.4 is 34.0 Å². The maximum Gasteiger partial charge on any atom is 4.00 e. The molecule has 0 atom stereocenters. The largest absolute Gasteiger partial charge is 4.00 e. The summed E-state index contributed by atoms with van der Waals surface area (Å²) < 4.78 is 0. The van der Waals surface area contributed by atoms with Crippen LogP contribution in [-0.2, 0) is 26.2 Å². The van der Waals surface area contributed by atoms with Gasteiger partial charge >= 0.3 is 26.2 Å². The maximum atomic E-state index is 11.2. The molecule has 144 valence electrons. The molecule has 0 aliphatic carbocycles. The molecule has 0 unspecified atom stereocenters. The summed E-state index contributed by atoms with van der Waals surface area (Å²) in [5.41, 5.74) is 5.71. The summed E-state index contributed by atoms with van der Waals surface area (Å²) in [6, 6.07) is 11.3. The van der Waals surface area contributed by atoms with Crippen molar-refractivity contribution in [2.75, 3.05) is 14.1 Å². The summed E-state index contributed by atoms with van der Waals surface area (Å²) in [5.74, 6) is -0.285. The van der Waals surface area contributed by atoms with Crippen molar-refractivity contribution < 1.29 is 69.8 Å². The molecule has 2 aromatic rings. The monoisotopic (exact) mass is 572 g/mol. The van der Waals surface area contributed by atoms with Crippen molar-refractivity contribution >= 4 is 11.8 Å². The van der Waals surface area contributed by atoms with Crippen LogP contribution in [0.5, 0.6) is 0 Å². The van der Waals surface area contributed by atoms with Crippen molar-refractivity contribution in [3.8, 4) is 0 Å². The zero-order chi connectivity index (χ0) is 18.3. The third-order valence-corrected chi connectivity index (χ3v) is 4.08. The summed E-state index contributed by atoms with van der Waals surface area (Å²) in [5, 5.41) is 7.24. The van der Waals surface area contributed by atoms with Crippen molar-refractivity contribution in [1.29, 1.82) is 0 Å². The summed E-state index contributed by atoms with van der Waals surface area (Å²) in [6.07, 6.45) is 0. The smallest absolute Gasteiger partial charge is 1.00 e. The molecule has 0 bridgehead atoms. The van der Waals surface area contributed by atoms with E-state index < -0.39 is 0 Å². The number of halogens is 2. The van der Waals surface area contributed by atoms with E-state index in [2.05, 4.69) is 10.6 Å². The average molecular weight is 575 g/mol. The van der Waals surface area contributed by atoms with E-state index in [1.807, 2.05) is 52.0 Å². The number of hydrogen-bond acceptors (Lipinski definition) is 2. The second-order valence-corrected chi connectivity index (χ2v) is 5.55. The number of amides is 2. The van der Waals surface area contributed by atoms with Gasteiger partial charge in [0, 0.05) is 11.1 Å². The van der Waals surface area contributed by atoms with Gasteiger partial charge in [-0.3, -0.25) is 0 Å². The van der Waals surface area contributed by atoms with Crippen LogP contribution in [0, 0.1) is 27.7 Å². The Labute approximate surface area is 202 Å². The molecule has 0 saturated heterocycles. The minimum Gasteiger partial charge on any atom is -1.00 e. The van der Waals surface area contributed by atoms with E-state index in [0.717, 1.165) is 22.3 Å². The van der Waals surface area contributed by atoms with Gasteiger partial charge in [0.2, 0.25) is 0 Å². The Kier molecular flexibility index (Phi) is 17.4. The molecule has 0 aromatic heterocycles. The van der Waals surface area contributed by atoms with Crippen LogP contribution in [0.2, 0.25) is 0 Å². The van der Waals surface area contributed by atoms with Crippen LogP contribution in [-0.4, -0.2) is 25.9 Å². The molecule has 0 radical (unpaired) electrons. The number of carbonyl (C=O) groups is 2. The summed E-state index contributed by atoms with van der Waals surface area (Å²) in [4.78, 5) is 22.4. The second-order valence-electron chi connectivity index (χ2n) is 5.55. The van der Waals surface area contributed by atoms with Crippen LogP contribution in [0.1, 0.15) is 43.0 Å². The normalized spacial score (nSPS) is 8.52. The van der Waals surface area contributed by atoms with Crippen LogP contribution in [0.3, 0.4) is 0 Å². The zero-order valence-electron chi connectivity index (χ0n) is 16.4. The molecule has 2 amide bonds. The van der Waals surface area contributed by atoms with Crippen molar-refractivity contribution in [3.63, 3.8) is 0 Å². The van der Waals surface area contributed by atoms with E-state index in [0.29, 0.717) is 11.1 Å². The number of nitrogens with zero attached hydrogens (tertiary/aromatic N) is 2. The van der Waals surface area contributed by atoms with Crippen LogP contribution >= 0.6 is 0 Å². The molecule has 0 N–H and O–H groups in total. The minimum atomic E-state index is -0.142. The standard InChI is InChI=1S/2C10H13NO.2BrH.Zr/c2*1-7-5-4-6-9(8(7)2)10(12)11-3;;;/h2*4-6H,1-3H3,(H,11,12);2*1H;/q;;;;+4/p-4. The van der Waals surface area contributed by atoms with Gasteiger partial charge in [-0.1, -0.05) is 36.4 Å². The van der Waals surface area contributed by atoms with Gasteiger partial charge in [-0.2, -0.15) is 0 Å². The molecule has 0 heterocycles. The van der Waals surface area contributed by atoms with Crippen molar-refractivity contribution in [3.05, 3.63) is 80.4 Å². The molecule has 7 heteroatoms. The Morgan fingerprint density at radius 3 is 1.22 bits per heavy atom. The molecule has 4 nitrogen and oxygen atoms in total. The Hall–Kier alpha value is -0.777. The molecule has 0 spiro atoms. The Morgan fingerprint density at radius 1 is 0.667 bits per heavy atom. The first-order valence-corrected chi connectivity index (χ1v) is 7.74. The minimum absolute atomic E-state index is 0. The number of benzene rings is 2. The van der Waals surface area contributed by atoms with E-state index in [9.17, 15) is 9.59 Å². The molecule has 27 heavy (non-hydrogen) atoms. The van der Waals surface area contributed by atoms with Crippen molar-refractivity contribution in [2.24, 2.45) is 0 Å². The van der Waals surface area contributed by atoms with Crippen LogP contribution in [0.25, 0.3) is 10.6 Å². The van der Waals surface area contributed by atoms with Gasteiger partial charge in [0.1, 0.15) is 0 Å². The fourth-order valence-corrected chi connectivity index (χ4v) is 2.21. The van der Waals surface area contributed by atoms with Gasteiger partial charge in [-0.05, 0) is 49.9 Å². The van der Waals surface area contributed by atoms with Crippen molar-refractivity contribution in [2.45, 2.75) is 27.7 Å². The van der Waals surface area contributed by atoms with Gasteiger partial charge in [0.05, 0.1) is 11.8 Å².